The summed E-state index contributed by atoms with van der Waals surface area (Å²) in [5, 5.41) is 6.12. The molecule has 6 nitrogen and oxygen atoms in total. The average molecular weight is 493 g/mol. The Labute approximate surface area is 198 Å². The fourth-order valence-corrected chi connectivity index (χ4v) is 6.42. The molecule has 0 amide bonds. The van der Waals surface area contributed by atoms with Crippen molar-refractivity contribution in [1.29, 1.82) is 0 Å². The first kappa shape index (κ1) is 20.3. The van der Waals surface area contributed by atoms with Gasteiger partial charge in [-0.3, -0.25) is 4.79 Å². The molecule has 0 radical (unpaired) electrons. The average Bonchev–Trinajstić information content (AvgIpc) is 3.57. The normalized spacial score (nSPS) is 11.5. The molecule has 6 aromatic rings. The van der Waals surface area contributed by atoms with Crippen molar-refractivity contribution in [2.75, 3.05) is 0 Å². The lowest BCUT2D eigenvalue weighted by Crippen LogP contribution is -2.10. The summed E-state index contributed by atoms with van der Waals surface area (Å²) >= 11 is 4.40. The van der Waals surface area contributed by atoms with Crippen LogP contribution in [0.25, 0.3) is 42.9 Å². The lowest BCUT2D eigenvalue weighted by atomic mass is 10.1. The summed E-state index contributed by atoms with van der Waals surface area (Å²) < 4.78 is 18.8. The predicted octanol–water partition coefficient (Wildman–Crippen LogP) is 6.35. The maximum absolute atomic E-state index is 13.4. The van der Waals surface area contributed by atoms with Crippen LogP contribution in [0.5, 0.6) is 0 Å². The molecule has 0 fully saturated rings. The van der Waals surface area contributed by atoms with Crippen LogP contribution >= 0.6 is 34.4 Å². The van der Waals surface area contributed by atoms with Crippen LogP contribution in [0.4, 0.5) is 4.39 Å². The molecule has 1 N–H and O–H groups in total. The summed E-state index contributed by atoms with van der Waals surface area (Å²) in [5.41, 5.74) is 2.40. The van der Waals surface area contributed by atoms with Gasteiger partial charge in [-0.15, -0.1) is 22.7 Å². The van der Waals surface area contributed by atoms with E-state index in [0.717, 1.165) is 31.9 Å². The van der Waals surface area contributed by atoms with E-state index in [1.54, 1.807) is 24.5 Å². The molecule has 1 aromatic carbocycles. The maximum Gasteiger partial charge on any atom is 0.260 e. The van der Waals surface area contributed by atoms with Crippen molar-refractivity contribution in [3.63, 3.8) is 0 Å². The van der Waals surface area contributed by atoms with Crippen molar-refractivity contribution >= 4 is 54.9 Å². The molecular formula is C23H13FN4O2S3. The Hall–Kier alpha value is -3.34. The van der Waals surface area contributed by atoms with E-state index >= 15 is 0 Å². The van der Waals surface area contributed by atoms with Gasteiger partial charge in [-0.2, -0.15) is 0 Å². The number of halogens is 1. The van der Waals surface area contributed by atoms with E-state index in [0.29, 0.717) is 27.6 Å². The molecule has 0 aliphatic heterocycles. The van der Waals surface area contributed by atoms with Crippen LogP contribution in [0.2, 0.25) is 0 Å². The molecule has 0 saturated heterocycles. The second-order valence-electron chi connectivity index (χ2n) is 7.12. The van der Waals surface area contributed by atoms with E-state index in [9.17, 15) is 9.18 Å². The van der Waals surface area contributed by atoms with Gasteiger partial charge in [-0.25, -0.2) is 19.3 Å². The SMILES string of the molecule is O=c1[nH]c(CSc2ncnc3scc(-c4ccc(F)cc4)c23)nc2scc(-c3ccco3)c12. The number of hydrogen-bond acceptors (Lipinski definition) is 8. The van der Waals surface area contributed by atoms with Crippen LogP contribution in [0.15, 0.2) is 74.0 Å². The molecule has 0 aliphatic rings. The molecule has 0 aliphatic carbocycles. The van der Waals surface area contributed by atoms with Gasteiger partial charge < -0.3 is 9.40 Å². The summed E-state index contributed by atoms with van der Waals surface area (Å²) in [6.07, 6.45) is 3.11. The van der Waals surface area contributed by atoms with E-state index in [1.807, 2.05) is 16.8 Å². The Bertz CT molecular complexity index is 1650. The van der Waals surface area contributed by atoms with Crippen LogP contribution < -0.4 is 5.56 Å². The number of aromatic nitrogens is 4. The summed E-state index contributed by atoms with van der Waals surface area (Å²) in [5.74, 6) is 1.36. The highest BCUT2D eigenvalue weighted by molar-refractivity contribution is 7.98. The number of thiophene rings is 2. The third-order valence-corrected chi connectivity index (χ3v) is 7.88. The van der Waals surface area contributed by atoms with Gasteiger partial charge in [0.05, 0.1) is 22.8 Å². The second-order valence-corrected chi connectivity index (χ2v) is 9.80. The van der Waals surface area contributed by atoms with Gasteiger partial charge in [-0.1, -0.05) is 23.9 Å². The first-order chi connectivity index (χ1) is 16.2. The first-order valence-electron chi connectivity index (χ1n) is 9.82. The number of fused-ring (bicyclic) bond motifs is 2. The Morgan fingerprint density at radius 3 is 2.64 bits per heavy atom. The van der Waals surface area contributed by atoms with Crippen LogP contribution in [-0.2, 0) is 5.75 Å². The van der Waals surface area contributed by atoms with Crippen molar-refractivity contribution in [3.05, 3.63) is 81.7 Å². The zero-order valence-corrected chi connectivity index (χ0v) is 19.2. The highest BCUT2D eigenvalue weighted by atomic mass is 32.2. The molecule has 0 atom stereocenters. The van der Waals surface area contributed by atoms with Gasteiger partial charge in [0, 0.05) is 21.9 Å². The van der Waals surface area contributed by atoms with Gasteiger partial charge in [0.25, 0.3) is 5.56 Å². The minimum atomic E-state index is -0.279. The number of aromatic amines is 1. The molecule has 5 heterocycles. The lowest BCUT2D eigenvalue weighted by molar-refractivity contribution is 0.583. The fraction of sp³-hybridized carbons (Fsp3) is 0.0435. The van der Waals surface area contributed by atoms with Crippen molar-refractivity contribution < 1.29 is 8.81 Å². The lowest BCUT2D eigenvalue weighted by Gasteiger charge is -2.06. The number of benzene rings is 1. The maximum atomic E-state index is 13.4. The highest BCUT2D eigenvalue weighted by Gasteiger charge is 2.17. The number of thioether (sulfide) groups is 1. The summed E-state index contributed by atoms with van der Waals surface area (Å²) in [4.78, 5) is 30.8. The topological polar surface area (TPSA) is 84.7 Å². The molecule has 10 heteroatoms. The molecule has 33 heavy (non-hydrogen) atoms. The Morgan fingerprint density at radius 1 is 1.00 bits per heavy atom. The van der Waals surface area contributed by atoms with E-state index < -0.39 is 0 Å². The quantitative estimate of drug-likeness (QED) is 0.223. The summed E-state index contributed by atoms with van der Waals surface area (Å²) in [7, 11) is 0. The van der Waals surface area contributed by atoms with Crippen molar-refractivity contribution in [2.45, 2.75) is 10.8 Å². The summed E-state index contributed by atoms with van der Waals surface area (Å²) in [6.45, 7) is 0. The minimum absolute atomic E-state index is 0.196. The molecular weight excluding hydrogens is 479 g/mol. The zero-order valence-electron chi connectivity index (χ0n) is 16.7. The number of nitrogens with zero attached hydrogens (tertiary/aromatic N) is 3. The van der Waals surface area contributed by atoms with Crippen LogP contribution in [0.3, 0.4) is 0 Å². The molecule has 0 unspecified atom stereocenters. The standard InChI is InChI=1S/C23H13FN4O2S3/c24-13-5-3-12(4-6-13)14-8-31-21-19(14)22(26-11-25-21)33-10-17-27-20(29)18-15(9-32-23(18)28-17)16-2-1-7-30-16/h1-9,11H,10H2,(H,27,28,29). The van der Waals surface area contributed by atoms with Gasteiger partial charge in [0.1, 0.15) is 38.4 Å². The second kappa shape index (κ2) is 8.22. The highest BCUT2D eigenvalue weighted by Crippen LogP contribution is 2.38. The van der Waals surface area contributed by atoms with Crippen molar-refractivity contribution in [2.24, 2.45) is 0 Å². The smallest absolute Gasteiger partial charge is 0.260 e. The number of H-pyrrole nitrogens is 1. The number of hydrogen-bond donors (Lipinski definition) is 1. The van der Waals surface area contributed by atoms with Crippen molar-refractivity contribution in [3.8, 4) is 22.5 Å². The third-order valence-electron chi connectivity index (χ3n) is 5.12. The van der Waals surface area contributed by atoms with Gasteiger partial charge in [-0.05, 0) is 29.8 Å². The van der Waals surface area contributed by atoms with E-state index in [1.165, 1.54) is 52.9 Å². The van der Waals surface area contributed by atoms with E-state index in [4.69, 9.17) is 4.42 Å². The molecule has 0 bridgehead atoms. The Kier molecular flexibility index (Phi) is 5.05. The fourth-order valence-electron chi connectivity index (χ4n) is 3.61. The number of furan rings is 1. The van der Waals surface area contributed by atoms with Crippen LogP contribution in [-0.4, -0.2) is 19.9 Å². The van der Waals surface area contributed by atoms with Crippen molar-refractivity contribution in [1.82, 2.24) is 19.9 Å². The van der Waals surface area contributed by atoms with Crippen LogP contribution in [0.1, 0.15) is 5.82 Å². The third kappa shape index (κ3) is 3.65. The number of nitrogens with one attached hydrogen (secondary N) is 1. The zero-order chi connectivity index (χ0) is 22.4. The summed E-state index contributed by atoms with van der Waals surface area (Å²) in [6, 6.07) is 10.00. The number of rotatable bonds is 5. The predicted molar refractivity (Wildman–Crippen MR) is 130 cm³/mol. The Morgan fingerprint density at radius 2 is 1.82 bits per heavy atom. The monoisotopic (exact) mass is 492 g/mol. The molecule has 162 valence electrons. The molecule has 6 rings (SSSR count). The van der Waals surface area contributed by atoms with E-state index in [2.05, 4.69) is 19.9 Å². The molecule has 0 saturated carbocycles. The molecule has 5 aromatic heterocycles. The van der Waals surface area contributed by atoms with Gasteiger partial charge in [0.2, 0.25) is 0 Å². The largest absolute Gasteiger partial charge is 0.464 e. The van der Waals surface area contributed by atoms with Gasteiger partial charge in [0.15, 0.2) is 0 Å². The van der Waals surface area contributed by atoms with Gasteiger partial charge >= 0.3 is 0 Å². The Balaban J connectivity index is 1.34. The van der Waals surface area contributed by atoms with Crippen LogP contribution in [0, 0.1) is 5.82 Å². The first-order valence-corrected chi connectivity index (χ1v) is 12.6. The minimum Gasteiger partial charge on any atom is -0.464 e. The van der Waals surface area contributed by atoms with E-state index in [-0.39, 0.29) is 11.4 Å². The molecule has 0 spiro atoms.